The predicted molar refractivity (Wildman–Crippen MR) is 73.2 cm³/mol. The summed E-state index contributed by atoms with van der Waals surface area (Å²) < 4.78 is 33.2. The molecule has 19 heavy (non-hydrogen) atoms. The molecule has 0 saturated heterocycles. The van der Waals surface area contributed by atoms with Crippen LogP contribution >= 0.6 is 0 Å². The van der Waals surface area contributed by atoms with Crippen LogP contribution in [0.3, 0.4) is 0 Å². The number of hydrogen-bond acceptors (Lipinski definition) is 4. The highest BCUT2D eigenvalue weighted by Crippen LogP contribution is 2.17. The number of carbonyl (C=O) groups excluding carboxylic acids is 1. The van der Waals surface area contributed by atoms with E-state index < -0.39 is 21.7 Å². The average Bonchev–Trinajstić information content (AvgIpc) is 2.24. The number of rotatable bonds is 4. The fourth-order valence-electron chi connectivity index (χ4n) is 1.43. The lowest BCUT2D eigenvalue weighted by atomic mass is 10.1. The van der Waals surface area contributed by atoms with Crippen LogP contribution in [0, 0.1) is 0 Å². The van der Waals surface area contributed by atoms with E-state index in [2.05, 4.69) is 14.2 Å². The van der Waals surface area contributed by atoms with Gasteiger partial charge in [-0.2, -0.15) is 13.1 Å². The summed E-state index contributed by atoms with van der Waals surface area (Å²) >= 11 is 0. The Balaban J connectivity index is 3.03. The van der Waals surface area contributed by atoms with E-state index in [1.165, 1.54) is 19.2 Å². The Bertz CT molecular complexity index is 561. The average molecular weight is 286 g/mol. The van der Waals surface area contributed by atoms with Crippen molar-refractivity contribution in [2.24, 2.45) is 0 Å². The fraction of sp³-hybridized carbons (Fsp3) is 0.417. The van der Waals surface area contributed by atoms with Gasteiger partial charge in [0.1, 0.15) is 0 Å². The highest BCUT2D eigenvalue weighted by atomic mass is 32.2. The molecule has 2 N–H and O–H groups in total. The first-order chi connectivity index (χ1) is 8.64. The van der Waals surface area contributed by atoms with Crippen LogP contribution in [0.5, 0.6) is 0 Å². The molecule has 0 unspecified atom stereocenters. The van der Waals surface area contributed by atoms with Crippen LogP contribution in [0.25, 0.3) is 0 Å². The molecule has 0 fully saturated rings. The molecule has 0 atom stereocenters. The molecule has 1 aromatic carbocycles. The number of ether oxygens (including phenoxy) is 1. The van der Waals surface area contributed by atoms with E-state index in [-0.39, 0.29) is 11.3 Å². The van der Waals surface area contributed by atoms with Crippen LogP contribution < -0.4 is 9.44 Å². The van der Waals surface area contributed by atoms with Gasteiger partial charge in [-0.3, -0.25) is 4.72 Å². The maximum atomic E-state index is 11.9. The van der Waals surface area contributed by atoms with Gasteiger partial charge in [0.25, 0.3) is 10.2 Å². The number of anilines is 1. The molecule has 7 heteroatoms. The monoisotopic (exact) mass is 286 g/mol. The first-order valence-electron chi connectivity index (χ1n) is 5.64. The fourth-order valence-corrected chi connectivity index (χ4v) is 2.76. The minimum atomic E-state index is -3.76. The van der Waals surface area contributed by atoms with Crippen molar-refractivity contribution < 1.29 is 17.9 Å². The molecule has 106 valence electrons. The van der Waals surface area contributed by atoms with Crippen molar-refractivity contribution in [2.45, 2.75) is 26.3 Å². The number of esters is 1. The number of para-hydroxylation sites is 1. The quantitative estimate of drug-likeness (QED) is 0.822. The third-order valence-electron chi connectivity index (χ3n) is 2.02. The van der Waals surface area contributed by atoms with E-state index in [1.54, 1.807) is 32.9 Å². The summed E-state index contributed by atoms with van der Waals surface area (Å²) in [7, 11) is -2.53. The van der Waals surface area contributed by atoms with E-state index in [0.29, 0.717) is 0 Å². The SMILES string of the molecule is COC(=O)c1ccccc1NS(=O)(=O)NC(C)(C)C. The predicted octanol–water partition coefficient (Wildman–Crippen LogP) is 1.52. The van der Waals surface area contributed by atoms with Crippen LogP contribution in [-0.2, 0) is 14.9 Å². The first kappa shape index (κ1) is 15.5. The molecular weight excluding hydrogens is 268 g/mol. The molecule has 0 aromatic heterocycles. The van der Waals surface area contributed by atoms with Gasteiger partial charge >= 0.3 is 5.97 Å². The molecule has 6 nitrogen and oxygen atoms in total. The maximum Gasteiger partial charge on any atom is 0.339 e. The Kier molecular flexibility index (Phi) is 4.54. The second kappa shape index (κ2) is 5.58. The second-order valence-electron chi connectivity index (χ2n) is 4.99. The molecule has 0 amide bonds. The number of carbonyl (C=O) groups is 1. The number of benzene rings is 1. The maximum absolute atomic E-state index is 11.9. The third-order valence-corrected chi connectivity index (χ3v) is 3.39. The highest BCUT2D eigenvalue weighted by molar-refractivity contribution is 7.90. The minimum Gasteiger partial charge on any atom is -0.465 e. The van der Waals surface area contributed by atoms with Gasteiger partial charge in [0.05, 0.1) is 18.4 Å². The molecule has 0 heterocycles. The summed E-state index contributed by atoms with van der Waals surface area (Å²) in [6, 6.07) is 6.23. The topological polar surface area (TPSA) is 84.5 Å². The Hall–Kier alpha value is -1.60. The van der Waals surface area contributed by atoms with Gasteiger partial charge in [-0.05, 0) is 32.9 Å². The highest BCUT2D eigenvalue weighted by Gasteiger charge is 2.21. The first-order valence-corrected chi connectivity index (χ1v) is 7.12. The largest absolute Gasteiger partial charge is 0.465 e. The third kappa shape index (κ3) is 4.88. The molecule has 0 bridgehead atoms. The smallest absolute Gasteiger partial charge is 0.339 e. The second-order valence-corrected chi connectivity index (χ2v) is 6.41. The van der Waals surface area contributed by atoms with Gasteiger partial charge in [0, 0.05) is 5.54 Å². The Labute approximate surface area is 113 Å². The zero-order chi connectivity index (χ0) is 14.7. The van der Waals surface area contributed by atoms with Crippen molar-refractivity contribution in [3.63, 3.8) is 0 Å². The number of hydrogen-bond donors (Lipinski definition) is 2. The summed E-state index contributed by atoms with van der Waals surface area (Å²) in [5.41, 5.74) is -0.290. The van der Waals surface area contributed by atoms with Crippen molar-refractivity contribution >= 4 is 21.9 Å². The summed E-state index contributed by atoms with van der Waals surface area (Å²) in [5.74, 6) is -0.603. The summed E-state index contributed by atoms with van der Waals surface area (Å²) in [6.45, 7) is 5.16. The molecular formula is C12H18N2O4S. The standard InChI is InChI=1S/C12H18N2O4S/c1-12(2,3)14-19(16,17)13-10-8-6-5-7-9(10)11(15)18-4/h5-8,13-14H,1-4H3. The molecule has 1 aromatic rings. The molecule has 1 rings (SSSR count). The lowest BCUT2D eigenvalue weighted by Gasteiger charge is -2.21. The van der Waals surface area contributed by atoms with Gasteiger partial charge < -0.3 is 4.74 Å². The molecule has 0 aliphatic carbocycles. The summed E-state index contributed by atoms with van der Waals surface area (Å²) in [5, 5.41) is 0. The van der Waals surface area contributed by atoms with Crippen molar-refractivity contribution in [3.05, 3.63) is 29.8 Å². The van der Waals surface area contributed by atoms with E-state index in [4.69, 9.17) is 0 Å². The normalized spacial score (nSPS) is 12.0. The van der Waals surface area contributed by atoms with Gasteiger partial charge in [-0.1, -0.05) is 12.1 Å². The van der Waals surface area contributed by atoms with Crippen LogP contribution in [0.15, 0.2) is 24.3 Å². The van der Waals surface area contributed by atoms with Crippen molar-refractivity contribution in [3.8, 4) is 0 Å². The summed E-state index contributed by atoms with van der Waals surface area (Å²) in [4.78, 5) is 11.5. The van der Waals surface area contributed by atoms with E-state index >= 15 is 0 Å². The zero-order valence-corrected chi connectivity index (χ0v) is 12.2. The zero-order valence-electron chi connectivity index (χ0n) is 11.4. The van der Waals surface area contributed by atoms with Crippen LogP contribution in [0.4, 0.5) is 5.69 Å². The van der Waals surface area contributed by atoms with Crippen molar-refractivity contribution in [2.75, 3.05) is 11.8 Å². The molecule has 0 radical (unpaired) electrons. The lowest BCUT2D eigenvalue weighted by Crippen LogP contribution is -2.43. The number of methoxy groups -OCH3 is 1. The van der Waals surface area contributed by atoms with Crippen LogP contribution in [0.1, 0.15) is 31.1 Å². The van der Waals surface area contributed by atoms with Gasteiger partial charge in [0.2, 0.25) is 0 Å². The minimum absolute atomic E-state index is 0.157. The number of nitrogens with one attached hydrogen (secondary N) is 2. The Morgan fingerprint density at radius 2 is 1.79 bits per heavy atom. The van der Waals surface area contributed by atoms with Crippen molar-refractivity contribution in [1.82, 2.24) is 4.72 Å². The lowest BCUT2D eigenvalue weighted by molar-refractivity contribution is 0.0602. The van der Waals surface area contributed by atoms with E-state index in [9.17, 15) is 13.2 Å². The van der Waals surface area contributed by atoms with Gasteiger partial charge in [0.15, 0.2) is 0 Å². The van der Waals surface area contributed by atoms with Crippen LogP contribution in [-0.4, -0.2) is 27.0 Å². The molecule has 0 aliphatic heterocycles. The molecule has 0 aliphatic rings. The van der Waals surface area contributed by atoms with E-state index in [0.717, 1.165) is 0 Å². The van der Waals surface area contributed by atoms with Crippen LogP contribution in [0.2, 0.25) is 0 Å². The van der Waals surface area contributed by atoms with Crippen molar-refractivity contribution in [1.29, 1.82) is 0 Å². The van der Waals surface area contributed by atoms with E-state index in [1.807, 2.05) is 0 Å². The Morgan fingerprint density at radius 1 is 1.21 bits per heavy atom. The van der Waals surface area contributed by atoms with Gasteiger partial charge in [-0.15, -0.1) is 0 Å². The summed E-state index contributed by atoms with van der Waals surface area (Å²) in [6.07, 6.45) is 0. The van der Waals surface area contributed by atoms with Gasteiger partial charge in [-0.25, -0.2) is 4.79 Å². The Morgan fingerprint density at radius 3 is 2.32 bits per heavy atom. The molecule has 0 spiro atoms. The molecule has 0 saturated carbocycles.